The number of carbonyl (C=O) groups is 5. The molecule has 2 N–H and O–H groups in total. The van der Waals surface area contributed by atoms with Crippen LogP contribution >= 0.6 is 0 Å². The van der Waals surface area contributed by atoms with Crippen molar-refractivity contribution in [2.75, 3.05) is 20.1 Å². The third-order valence-electron chi connectivity index (χ3n) is 6.98. The normalized spacial score (nSPS) is 11.9. The molecule has 2 amide bonds. The Morgan fingerprint density at radius 3 is 2.23 bits per heavy atom. The number of fused-ring (bicyclic) bond motifs is 2. The van der Waals surface area contributed by atoms with Crippen LogP contribution in [0.15, 0.2) is 36.4 Å². The zero-order valence-corrected chi connectivity index (χ0v) is 23.3. The van der Waals surface area contributed by atoms with Crippen LogP contribution in [0.5, 0.6) is 11.5 Å². The highest BCUT2D eigenvalue weighted by Crippen LogP contribution is 2.38. The maximum Gasteiger partial charge on any atom is 0.313 e. The number of rotatable bonds is 15. The van der Waals surface area contributed by atoms with Crippen molar-refractivity contribution >= 4 is 29.4 Å². The average molecular weight is 551 g/mol. The number of benzene rings is 2. The molecule has 9 heteroatoms. The third kappa shape index (κ3) is 8.00. The Labute approximate surface area is 234 Å². The summed E-state index contributed by atoms with van der Waals surface area (Å²) in [5.41, 5.74) is 0.308. The number of esters is 1. The second-order valence-electron chi connectivity index (χ2n) is 10.0. The van der Waals surface area contributed by atoms with Crippen LogP contribution in [0.4, 0.5) is 0 Å². The summed E-state index contributed by atoms with van der Waals surface area (Å²) in [6.45, 7) is 2.86. The third-order valence-corrected chi connectivity index (χ3v) is 6.98. The Hall–Kier alpha value is -4.01. The molecule has 0 bridgehead atoms. The van der Waals surface area contributed by atoms with E-state index in [1.807, 2.05) is 0 Å². The summed E-state index contributed by atoms with van der Waals surface area (Å²) < 4.78 is 5.27. The van der Waals surface area contributed by atoms with Crippen molar-refractivity contribution in [2.45, 2.75) is 71.1 Å². The van der Waals surface area contributed by atoms with Gasteiger partial charge in [-0.15, -0.1) is 0 Å². The van der Waals surface area contributed by atoms with Crippen molar-refractivity contribution in [2.24, 2.45) is 0 Å². The molecule has 2 aromatic rings. The summed E-state index contributed by atoms with van der Waals surface area (Å²) in [5, 5.41) is 13.6. The maximum absolute atomic E-state index is 12.9. The fraction of sp³-hybridized carbons (Fsp3) is 0.452. The van der Waals surface area contributed by atoms with Gasteiger partial charge in [0.2, 0.25) is 11.8 Å². The highest BCUT2D eigenvalue weighted by Gasteiger charge is 2.33. The lowest BCUT2D eigenvalue weighted by atomic mass is 9.83. The Kier molecular flexibility index (Phi) is 11.4. The molecule has 0 saturated carbocycles. The van der Waals surface area contributed by atoms with Gasteiger partial charge in [-0.2, -0.15) is 0 Å². The average Bonchev–Trinajstić information content (AvgIpc) is 2.95. The lowest BCUT2D eigenvalue weighted by molar-refractivity contribution is -0.136. The number of nitrogens with zero attached hydrogens (tertiary/aromatic N) is 1. The van der Waals surface area contributed by atoms with Gasteiger partial charge in [-0.05, 0) is 31.4 Å². The number of nitrogens with one attached hydrogen (secondary N) is 1. The fourth-order valence-corrected chi connectivity index (χ4v) is 4.59. The lowest BCUT2D eigenvalue weighted by Gasteiger charge is -2.20. The van der Waals surface area contributed by atoms with Gasteiger partial charge < -0.3 is 20.1 Å². The molecule has 0 fully saturated rings. The van der Waals surface area contributed by atoms with E-state index in [1.54, 1.807) is 25.2 Å². The topological polar surface area (TPSA) is 130 Å². The van der Waals surface area contributed by atoms with Gasteiger partial charge in [0, 0.05) is 49.7 Å². The minimum atomic E-state index is -0.685. The second kappa shape index (κ2) is 15.0. The fourth-order valence-electron chi connectivity index (χ4n) is 4.59. The van der Waals surface area contributed by atoms with E-state index in [4.69, 9.17) is 4.74 Å². The van der Waals surface area contributed by atoms with E-state index in [2.05, 4.69) is 12.2 Å². The number of phenols is 1. The first-order chi connectivity index (χ1) is 19.2. The predicted molar refractivity (Wildman–Crippen MR) is 150 cm³/mol. The van der Waals surface area contributed by atoms with Gasteiger partial charge in [-0.25, -0.2) is 0 Å². The molecule has 1 aliphatic rings. The van der Waals surface area contributed by atoms with Gasteiger partial charge in [0.25, 0.3) is 0 Å². The van der Waals surface area contributed by atoms with Crippen LogP contribution in [0.2, 0.25) is 0 Å². The molecule has 0 aromatic heterocycles. The van der Waals surface area contributed by atoms with Crippen LogP contribution in [-0.4, -0.2) is 59.5 Å². The van der Waals surface area contributed by atoms with E-state index >= 15 is 0 Å². The molecule has 0 unspecified atom stereocenters. The van der Waals surface area contributed by atoms with E-state index in [9.17, 15) is 29.1 Å². The van der Waals surface area contributed by atoms with E-state index in [0.29, 0.717) is 25.8 Å². The molecular formula is C31H38N2O7. The van der Waals surface area contributed by atoms with Gasteiger partial charge >= 0.3 is 5.97 Å². The van der Waals surface area contributed by atoms with Gasteiger partial charge in [0.05, 0.1) is 12.0 Å². The lowest BCUT2D eigenvalue weighted by Crippen LogP contribution is -2.29. The molecule has 3 rings (SSSR count). The quantitative estimate of drug-likeness (QED) is 0.161. The van der Waals surface area contributed by atoms with Gasteiger partial charge in [0.1, 0.15) is 0 Å². The SMILES string of the molecule is CCCCCCC(=O)NCCCCCC(=O)N(C)CCC(=O)Oc1ccc2c(c1O)C(=O)c1ccccc1C2=O. The summed E-state index contributed by atoms with van der Waals surface area (Å²) in [6, 6.07) is 9.00. The zero-order valence-electron chi connectivity index (χ0n) is 23.3. The van der Waals surface area contributed by atoms with E-state index < -0.39 is 17.5 Å². The number of unbranched alkanes of at least 4 members (excludes halogenated alkanes) is 5. The number of ketones is 2. The Bertz CT molecular complexity index is 1250. The van der Waals surface area contributed by atoms with Crippen molar-refractivity contribution in [3.8, 4) is 11.5 Å². The Morgan fingerprint density at radius 1 is 0.825 bits per heavy atom. The maximum atomic E-state index is 12.9. The smallest absolute Gasteiger partial charge is 0.313 e. The Morgan fingerprint density at radius 2 is 1.50 bits per heavy atom. The first-order valence-electron chi connectivity index (χ1n) is 14.0. The summed E-state index contributed by atoms with van der Waals surface area (Å²) in [5.74, 6) is -2.39. The van der Waals surface area contributed by atoms with Crippen molar-refractivity contribution in [1.82, 2.24) is 10.2 Å². The van der Waals surface area contributed by atoms with Crippen molar-refractivity contribution in [1.29, 1.82) is 0 Å². The van der Waals surface area contributed by atoms with Crippen molar-refractivity contribution in [3.05, 3.63) is 58.7 Å². The van der Waals surface area contributed by atoms with Crippen LogP contribution in [0.3, 0.4) is 0 Å². The standard InChI is InChI=1S/C31H38N2O7/c1-3-4-5-7-14-25(34)32-19-11-6-8-15-26(35)33(2)20-18-27(36)40-24-17-16-23-28(31(24)39)30(38)22-13-10-9-12-21(22)29(23)37/h9-10,12-13,16-17,39H,3-8,11,14-15,18-20H2,1-2H3,(H,32,34). The number of aromatic hydroxyl groups is 1. The summed E-state index contributed by atoms with van der Waals surface area (Å²) >= 11 is 0. The van der Waals surface area contributed by atoms with Crippen molar-refractivity contribution in [3.63, 3.8) is 0 Å². The predicted octanol–water partition coefficient (Wildman–Crippen LogP) is 4.57. The molecule has 0 heterocycles. The number of amides is 2. The summed E-state index contributed by atoms with van der Waals surface area (Å²) in [4.78, 5) is 63.7. The first-order valence-corrected chi connectivity index (χ1v) is 14.0. The largest absolute Gasteiger partial charge is 0.504 e. The number of phenolic OH excluding ortho intramolecular Hbond substituents is 1. The van der Waals surface area contributed by atoms with Crippen LogP contribution in [0.1, 0.15) is 103 Å². The number of hydrogen-bond donors (Lipinski definition) is 2. The number of hydrogen-bond acceptors (Lipinski definition) is 7. The highest BCUT2D eigenvalue weighted by atomic mass is 16.5. The minimum Gasteiger partial charge on any atom is -0.504 e. The van der Waals surface area contributed by atoms with E-state index in [-0.39, 0.29) is 58.6 Å². The number of carbonyl (C=O) groups excluding carboxylic acids is 5. The van der Waals surface area contributed by atoms with Crippen molar-refractivity contribution < 1.29 is 33.8 Å². The summed E-state index contributed by atoms with van der Waals surface area (Å²) in [6.07, 6.45) is 7.35. The molecule has 9 nitrogen and oxygen atoms in total. The Balaban J connectivity index is 1.38. The van der Waals surface area contributed by atoms with Crippen LogP contribution in [0, 0.1) is 0 Å². The highest BCUT2D eigenvalue weighted by molar-refractivity contribution is 6.29. The van der Waals surface area contributed by atoms with Crippen LogP contribution in [0.25, 0.3) is 0 Å². The molecule has 0 aliphatic heterocycles. The molecule has 40 heavy (non-hydrogen) atoms. The van der Waals surface area contributed by atoms with E-state index in [0.717, 1.165) is 38.5 Å². The van der Waals surface area contributed by atoms with Crippen LogP contribution in [-0.2, 0) is 14.4 Å². The minimum absolute atomic E-state index is 0.0520. The molecule has 0 radical (unpaired) electrons. The number of ether oxygens (including phenoxy) is 1. The zero-order chi connectivity index (χ0) is 29.1. The molecule has 0 atom stereocenters. The molecule has 0 saturated heterocycles. The van der Waals surface area contributed by atoms with Crippen LogP contribution < -0.4 is 10.1 Å². The van der Waals surface area contributed by atoms with Gasteiger partial charge in [-0.1, -0.05) is 56.9 Å². The van der Waals surface area contributed by atoms with Gasteiger partial charge in [0.15, 0.2) is 23.1 Å². The summed E-state index contributed by atoms with van der Waals surface area (Å²) in [7, 11) is 1.60. The molecular weight excluding hydrogens is 512 g/mol. The molecule has 0 spiro atoms. The molecule has 1 aliphatic carbocycles. The second-order valence-corrected chi connectivity index (χ2v) is 10.0. The van der Waals surface area contributed by atoms with E-state index in [1.165, 1.54) is 23.1 Å². The molecule has 2 aromatic carbocycles. The monoisotopic (exact) mass is 550 g/mol. The van der Waals surface area contributed by atoms with Gasteiger partial charge in [-0.3, -0.25) is 24.0 Å². The molecule has 214 valence electrons. The first kappa shape index (κ1) is 30.5.